The molecule has 2 aromatic heterocycles. The Bertz CT molecular complexity index is 2120. The zero-order valence-electron chi connectivity index (χ0n) is 20.9. The van der Waals surface area contributed by atoms with E-state index in [-0.39, 0.29) is 84.8 Å². The number of aliphatic hydroxyl groups is 1. The van der Waals surface area contributed by atoms with Crippen LogP contribution in [0.15, 0.2) is 63.4 Å². The van der Waals surface area contributed by atoms with Crippen molar-refractivity contribution >= 4 is 32.9 Å². The molecule has 41 heavy (non-hydrogen) atoms. The molecule has 3 heterocycles. The van der Waals surface area contributed by atoms with E-state index < -0.39 is 23.7 Å². The Morgan fingerprint density at radius 1 is 0.707 bits per heavy atom. The number of hydrogen-bond acceptors (Lipinski definition) is 10. The average molecular weight is 557 g/mol. The van der Waals surface area contributed by atoms with E-state index in [1.54, 1.807) is 0 Å². The first-order valence-corrected chi connectivity index (χ1v) is 12.4. The van der Waals surface area contributed by atoms with Crippen LogP contribution in [0.5, 0.6) is 40.2 Å². The second kappa shape index (κ2) is 8.47. The van der Waals surface area contributed by atoms with Gasteiger partial charge in [-0.15, -0.1) is 0 Å². The van der Waals surface area contributed by atoms with Gasteiger partial charge in [-0.2, -0.15) is 0 Å². The summed E-state index contributed by atoms with van der Waals surface area (Å²) in [4.78, 5) is 11.3. The Kier molecular flexibility index (Phi) is 5.06. The number of hydrogen-bond donors (Lipinski definition) is 7. The summed E-state index contributed by atoms with van der Waals surface area (Å²) in [5.41, 5.74) is 0.907. The number of aromatic hydroxyl groups is 6. The summed E-state index contributed by atoms with van der Waals surface area (Å²) in [7, 11) is 0. The maximum Gasteiger partial charge on any atom is 0.355 e. The molecule has 0 aliphatic carbocycles. The largest absolute Gasteiger partial charge is 0.508 e. The Labute approximate surface area is 228 Å². The number of ether oxygens (including phenoxy) is 1. The van der Waals surface area contributed by atoms with Crippen molar-refractivity contribution in [3.8, 4) is 51.6 Å². The monoisotopic (exact) mass is 557 g/mol. The fraction of sp³-hybridized carbons (Fsp3) is 0.100. The van der Waals surface area contributed by atoms with Crippen LogP contribution in [0, 0.1) is 0 Å². The van der Waals surface area contributed by atoms with Crippen LogP contribution in [0.4, 0.5) is 0 Å². The van der Waals surface area contributed by atoms with Crippen LogP contribution in [0.1, 0.15) is 17.2 Å². The molecule has 1 aliphatic rings. The van der Waals surface area contributed by atoms with E-state index in [4.69, 9.17) is 13.6 Å². The molecule has 0 bridgehead atoms. The normalized spacial score (nSPS) is 16.7. The van der Waals surface area contributed by atoms with Gasteiger partial charge in [0.15, 0.2) is 40.1 Å². The minimum atomic E-state index is -1.14. The third-order valence-corrected chi connectivity index (χ3v) is 7.33. The van der Waals surface area contributed by atoms with Crippen molar-refractivity contribution in [1.29, 1.82) is 0 Å². The van der Waals surface area contributed by atoms with E-state index in [9.17, 15) is 40.5 Å². The van der Waals surface area contributed by atoms with E-state index in [1.807, 2.05) is 0 Å². The Morgan fingerprint density at radius 3 is 2.10 bits per heavy atom. The van der Waals surface area contributed by atoms with E-state index in [1.165, 1.54) is 54.6 Å². The quantitative estimate of drug-likeness (QED) is 0.0698. The van der Waals surface area contributed by atoms with Gasteiger partial charge in [0.05, 0.1) is 22.9 Å². The van der Waals surface area contributed by atoms with E-state index in [0.717, 1.165) is 0 Å². The maximum absolute atomic E-state index is 11.5. The summed E-state index contributed by atoms with van der Waals surface area (Å²) in [6, 6.07) is 11.8. The van der Waals surface area contributed by atoms with Gasteiger partial charge in [-0.3, -0.25) is 4.79 Å². The van der Waals surface area contributed by atoms with Crippen molar-refractivity contribution in [2.75, 3.05) is 0 Å². The molecule has 0 saturated heterocycles. The average Bonchev–Trinajstić information content (AvgIpc) is 2.93. The molecule has 0 saturated carbocycles. The number of phenolic OH excluding ortho intramolecular Hbond substituents is 5. The summed E-state index contributed by atoms with van der Waals surface area (Å²) in [6.45, 7) is 0. The standard InChI is InChI=1S/C30H20O11/c31-13-7-22-25-23(8-13)41-30-14-9-20(37)28(11-1-3-15(32)17(34)5-11)39-21(14)10-19(36)24(30)26(25)27(38)29(40-22)12-2-4-16(33)18(35)6-12/h1-8,10,20,28,31-35,37-38H,9H2/p+1. The van der Waals surface area contributed by atoms with Gasteiger partial charge in [0.25, 0.3) is 0 Å². The van der Waals surface area contributed by atoms with Gasteiger partial charge >= 0.3 is 5.43 Å². The van der Waals surface area contributed by atoms with Gasteiger partial charge < -0.3 is 49.3 Å². The van der Waals surface area contributed by atoms with Crippen LogP contribution in [-0.2, 0) is 6.42 Å². The number of aliphatic hydroxyl groups excluding tert-OH is 1. The van der Waals surface area contributed by atoms with Gasteiger partial charge in [0, 0.05) is 29.7 Å². The Morgan fingerprint density at radius 2 is 1.39 bits per heavy atom. The molecule has 2 unspecified atom stereocenters. The van der Waals surface area contributed by atoms with E-state index in [2.05, 4.69) is 0 Å². The second-order valence-corrected chi connectivity index (χ2v) is 9.91. The molecule has 11 heteroatoms. The molecule has 8 N–H and O–H groups in total. The fourth-order valence-electron chi connectivity index (χ4n) is 5.44. The number of phenols is 5. The molecule has 4 aromatic carbocycles. The Hall–Kier alpha value is -5.55. The first-order valence-electron chi connectivity index (χ1n) is 12.4. The van der Waals surface area contributed by atoms with E-state index in [0.29, 0.717) is 11.1 Å². The van der Waals surface area contributed by atoms with Crippen LogP contribution < -0.4 is 10.2 Å². The molecule has 7 rings (SSSR count). The third-order valence-electron chi connectivity index (χ3n) is 7.33. The highest BCUT2D eigenvalue weighted by molar-refractivity contribution is 6.20. The van der Waals surface area contributed by atoms with Crippen LogP contribution in [0.25, 0.3) is 44.2 Å². The molecule has 0 radical (unpaired) electrons. The molecule has 1 aliphatic heterocycles. The summed E-state index contributed by atoms with van der Waals surface area (Å²) < 4.78 is 18.1. The highest BCUT2D eigenvalue weighted by Gasteiger charge is 2.35. The van der Waals surface area contributed by atoms with Crippen molar-refractivity contribution in [3.05, 3.63) is 71.2 Å². The van der Waals surface area contributed by atoms with Crippen molar-refractivity contribution in [3.63, 3.8) is 0 Å². The van der Waals surface area contributed by atoms with Crippen molar-refractivity contribution in [2.24, 2.45) is 0 Å². The molecule has 11 nitrogen and oxygen atoms in total. The lowest BCUT2D eigenvalue weighted by Crippen LogP contribution is -2.31. The molecule has 0 spiro atoms. The maximum atomic E-state index is 11.5. The molecule has 206 valence electrons. The number of benzene rings is 4. The first-order chi connectivity index (χ1) is 19.6. The molecular formula is C30H21O11+. The predicted molar refractivity (Wildman–Crippen MR) is 144 cm³/mol. The summed E-state index contributed by atoms with van der Waals surface area (Å²) in [5, 5.41) is 72.8. The van der Waals surface area contributed by atoms with E-state index >= 15 is 0 Å². The highest BCUT2D eigenvalue weighted by Crippen LogP contribution is 2.48. The summed E-state index contributed by atoms with van der Waals surface area (Å²) in [6.07, 6.45) is -2.10. The molecule has 0 amide bonds. The number of fused-ring (bicyclic) bond motifs is 4. The lowest BCUT2D eigenvalue weighted by atomic mass is 9.92. The van der Waals surface area contributed by atoms with Crippen molar-refractivity contribution in [2.45, 2.75) is 18.6 Å². The zero-order valence-corrected chi connectivity index (χ0v) is 20.9. The minimum Gasteiger partial charge on any atom is -0.508 e. The van der Waals surface area contributed by atoms with Gasteiger partial charge in [-0.05, 0) is 35.9 Å². The molecule has 2 atom stereocenters. The van der Waals surface area contributed by atoms with Gasteiger partial charge in [0.1, 0.15) is 34.2 Å². The molecule has 0 fully saturated rings. The Balaban J connectivity index is 1.52. The van der Waals surface area contributed by atoms with Gasteiger partial charge in [-0.25, -0.2) is 0 Å². The topological polar surface area (TPSA) is 199 Å². The van der Waals surface area contributed by atoms with Crippen molar-refractivity contribution in [1.82, 2.24) is 0 Å². The van der Waals surface area contributed by atoms with Crippen LogP contribution >= 0.6 is 0 Å². The third kappa shape index (κ3) is 3.60. The summed E-state index contributed by atoms with van der Waals surface area (Å²) in [5.74, 6) is -2.12. The van der Waals surface area contributed by atoms with Gasteiger partial charge in [-0.1, -0.05) is 6.07 Å². The minimum absolute atomic E-state index is 0.0157. The smallest absolute Gasteiger partial charge is 0.355 e. The first kappa shape index (κ1) is 24.5. The van der Waals surface area contributed by atoms with Gasteiger partial charge in [0.2, 0.25) is 0 Å². The summed E-state index contributed by atoms with van der Waals surface area (Å²) >= 11 is 0. The van der Waals surface area contributed by atoms with Crippen molar-refractivity contribution < 1.29 is 54.1 Å². The molecular weight excluding hydrogens is 536 g/mol. The zero-order chi connectivity index (χ0) is 28.7. The van der Waals surface area contributed by atoms with Crippen LogP contribution in [0.3, 0.4) is 0 Å². The lowest BCUT2D eigenvalue weighted by Gasteiger charge is -2.31. The molecule has 6 aromatic rings. The number of rotatable bonds is 2. The van der Waals surface area contributed by atoms with Crippen LogP contribution in [-0.4, -0.2) is 46.6 Å². The predicted octanol–water partition coefficient (Wildman–Crippen LogP) is 4.27. The SMILES string of the molecule is Oc1cc2oc(-c3ccc(O)c(O)c3)c(O)c3c4c(=[OH+])cc5c(c4oc(c1)c23)CC(O)C(c1ccc(O)c(O)c1)O5. The highest BCUT2D eigenvalue weighted by atomic mass is 16.5. The fourth-order valence-corrected chi connectivity index (χ4v) is 5.44. The second-order valence-electron chi connectivity index (χ2n) is 9.91. The lowest BCUT2D eigenvalue weighted by molar-refractivity contribution is 0.0207. The van der Waals surface area contributed by atoms with Crippen LogP contribution in [0.2, 0.25) is 0 Å².